The van der Waals surface area contributed by atoms with Gasteiger partial charge in [0.1, 0.15) is 6.04 Å². The van der Waals surface area contributed by atoms with E-state index in [1.165, 1.54) is 16.2 Å². The van der Waals surface area contributed by atoms with Crippen LogP contribution in [-0.4, -0.2) is 34.5 Å². The standard InChI is InChI=1S/C11H12BrNO3S/c12-9-5-4-8(17-9)10(14)13-6-2-1-3-7(13)11(15)16/h4-5,7H,1-3,6H2,(H,15,16)/t7-/m0/s1. The summed E-state index contributed by atoms with van der Waals surface area (Å²) >= 11 is 4.64. The van der Waals surface area contributed by atoms with Gasteiger partial charge in [0.25, 0.3) is 5.91 Å². The van der Waals surface area contributed by atoms with Gasteiger partial charge >= 0.3 is 5.97 Å². The summed E-state index contributed by atoms with van der Waals surface area (Å²) in [5.74, 6) is -1.08. The number of thiophene rings is 1. The molecule has 0 spiro atoms. The molecule has 92 valence electrons. The van der Waals surface area contributed by atoms with Crippen LogP contribution in [-0.2, 0) is 4.79 Å². The molecule has 17 heavy (non-hydrogen) atoms. The first-order valence-corrected chi connectivity index (χ1v) is 6.99. The Morgan fingerprint density at radius 2 is 2.18 bits per heavy atom. The monoisotopic (exact) mass is 317 g/mol. The fraction of sp³-hybridized carbons (Fsp3) is 0.455. The molecule has 1 saturated heterocycles. The highest BCUT2D eigenvalue weighted by Crippen LogP contribution is 2.26. The molecule has 1 amide bonds. The van der Waals surface area contributed by atoms with E-state index in [1.54, 1.807) is 12.1 Å². The van der Waals surface area contributed by atoms with Gasteiger partial charge in [0.05, 0.1) is 8.66 Å². The Bertz CT molecular complexity index is 446. The van der Waals surface area contributed by atoms with Crippen LogP contribution < -0.4 is 0 Å². The van der Waals surface area contributed by atoms with E-state index in [-0.39, 0.29) is 5.91 Å². The Morgan fingerprint density at radius 3 is 2.76 bits per heavy atom. The number of hydrogen-bond acceptors (Lipinski definition) is 3. The number of halogens is 1. The predicted molar refractivity (Wildman–Crippen MR) is 68.3 cm³/mol. The SMILES string of the molecule is O=C(O)[C@@H]1CCCCN1C(=O)c1ccc(Br)s1. The smallest absolute Gasteiger partial charge is 0.326 e. The number of carboxylic acids is 1. The largest absolute Gasteiger partial charge is 0.480 e. The Hall–Kier alpha value is -0.880. The lowest BCUT2D eigenvalue weighted by Crippen LogP contribution is -2.47. The van der Waals surface area contributed by atoms with Crippen molar-refractivity contribution in [1.29, 1.82) is 0 Å². The number of piperidine rings is 1. The molecule has 0 unspecified atom stereocenters. The van der Waals surface area contributed by atoms with Crippen molar-refractivity contribution < 1.29 is 14.7 Å². The second-order valence-electron chi connectivity index (χ2n) is 3.95. The average Bonchev–Trinajstić information content (AvgIpc) is 2.75. The first-order valence-electron chi connectivity index (χ1n) is 5.38. The third kappa shape index (κ3) is 2.69. The number of aliphatic carboxylic acids is 1. The first kappa shape index (κ1) is 12.6. The van der Waals surface area contributed by atoms with Crippen LogP contribution in [0.25, 0.3) is 0 Å². The van der Waals surface area contributed by atoms with Gasteiger partial charge in [0.15, 0.2) is 0 Å². The van der Waals surface area contributed by atoms with Crippen LogP contribution in [0, 0.1) is 0 Å². The van der Waals surface area contributed by atoms with Gasteiger partial charge in [0.2, 0.25) is 0 Å². The van der Waals surface area contributed by atoms with Crippen molar-refractivity contribution in [1.82, 2.24) is 4.90 Å². The summed E-state index contributed by atoms with van der Waals surface area (Å²) < 4.78 is 0.879. The summed E-state index contributed by atoms with van der Waals surface area (Å²) in [5.41, 5.74) is 0. The van der Waals surface area contributed by atoms with Crippen molar-refractivity contribution in [3.63, 3.8) is 0 Å². The van der Waals surface area contributed by atoms with Crippen LogP contribution in [0.5, 0.6) is 0 Å². The van der Waals surface area contributed by atoms with Gasteiger partial charge in [-0.05, 0) is 47.3 Å². The number of likely N-dealkylation sites (tertiary alicyclic amines) is 1. The minimum atomic E-state index is -0.909. The number of nitrogens with zero attached hydrogens (tertiary/aromatic N) is 1. The molecule has 0 saturated carbocycles. The fourth-order valence-corrected chi connectivity index (χ4v) is 3.34. The molecule has 0 bridgehead atoms. The van der Waals surface area contributed by atoms with Gasteiger partial charge in [-0.15, -0.1) is 11.3 Å². The molecule has 1 aliphatic heterocycles. The number of hydrogen-bond donors (Lipinski definition) is 1. The summed E-state index contributed by atoms with van der Waals surface area (Å²) in [6.07, 6.45) is 2.30. The van der Waals surface area contributed by atoms with Gasteiger partial charge in [-0.25, -0.2) is 4.79 Å². The molecule has 4 nitrogen and oxygen atoms in total. The molecule has 0 aromatic carbocycles. The Labute approximate surface area is 111 Å². The van der Waals surface area contributed by atoms with E-state index in [0.717, 1.165) is 16.6 Å². The third-order valence-corrected chi connectivity index (χ3v) is 4.44. The topological polar surface area (TPSA) is 57.6 Å². The lowest BCUT2D eigenvalue weighted by molar-refractivity contribution is -0.143. The molecule has 1 atom stereocenters. The second kappa shape index (κ2) is 5.18. The predicted octanol–water partition coefficient (Wildman–Crippen LogP) is 2.59. The molecule has 2 heterocycles. The number of rotatable bonds is 2. The zero-order valence-electron chi connectivity index (χ0n) is 9.06. The van der Waals surface area contributed by atoms with Crippen LogP contribution in [0.3, 0.4) is 0 Å². The summed E-state index contributed by atoms with van der Waals surface area (Å²) in [4.78, 5) is 25.4. The van der Waals surface area contributed by atoms with Crippen LogP contribution in [0.2, 0.25) is 0 Å². The van der Waals surface area contributed by atoms with Crippen LogP contribution in [0.1, 0.15) is 28.9 Å². The fourth-order valence-electron chi connectivity index (χ4n) is 2.00. The van der Waals surface area contributed by atoms with E-state index in [1.807, 2.05) is 0 Å². The van der Waals surface area contributed by atoms with Crippen LogP contribution in [0.15, 0.2) is 15.9 Å². The van der Waals surface area contributed by atoms with Crippen molar-refractivity contribution in [3.8, 4) is 0 Å². The van der Waals surface area contributed by atoms with Gasteiger partial charge in [0, 0.05) is 6.54 Å². The Kier molecular flexibility index (Phi) is 3.83. The van der Waals surface area contributed by atoms with E-state index in [2.05, 4.69) is 15.9 Å². The minimum absolute atomic E-state index is 0.173. The van der Waals surface area contributed by atoms with Gasteiger partial charge in [-0.1, -0.05) is 0 Å². The number of amides is 1. The van der Waals surface area contributed by atoms with E-state index >= 15 is 0 Å². The lowest BCUT2D eigenvalue weighted by Gasteiger charge is -2.32. The van der Waals surface area contributed by atoms with E-state index in [0.29, 0.717) is 17.8 Å². The van der Waals surface area contributed by atoms with Crippen molar-refractivity contribution in [3.05, 3.63) is 20.8 Å². The second-order valence-corrected chi connectivity index (χ2v) is 6.42. The first-order chi connectivity index (χ1) is 8.09. The molecule has 1 aromatic rings. The lowest BCUT2D eigenvalue weighted by atomic mass is 10.0. The molecule has 1 aliphatic rings. The average molecular weight is 318 g/mol. The van der Waals surface area contributed by atoms with Crippen molar-refractivity contribution in [2.45, 2.75) is 25.3 Å². The van der Waals surface area contributed by atoms with Crippen LogP contribution >= 0.6 is 27.3 Å². The zero-order valence-corrected chi connectivity index (χ0v) is 11.5. The van der Waals surface area contributed by atoms with Gasteiger partial charge in [-0.2, -0.15) is 0 Å². The van der Waals surface area contributed by atoms with Gasteiger partial charge < -0.3 is 10.0 Å². The summed E-state index contributed by atoms with van der Waals surface area (Å²) in [6, 6.07) is 2.86. The molecule has 6 heteroatoms. The minimum Gasteiger partial charge on any atom is -0.480 e. The normalized spacial score (nSPS) is 20.3. The molecule has 0 aliphatic carbocycles. The third-order valence-electron chi connectivity index (χ3n) is 2.83. The highest BCUT2D eigenvalue weighted by Gasteiger charge is 2.32. The number of carboxylic acid groups (broad SMARTS) is 1. The maximum absolute atomic E-state index is 12.2. The maximum atomic E-state index is 12.2. The van der Waals surface area contributed by atoms with Crippen LogP contribution in [0.4, 0.5) is 0 Å². The van der Waals surface area contributed by atoms with E-state index in [4.69, 9.17) is 5.11 Å². The highest BCUT2D eigenvalue weighted by molar-refractivity contribution is 9.11. The maximum Gasteiger partial charge on any atom is 0.326 e. The number of carbonyl (C=O) groups is 2. The van der Waals surface area contributed by atoms with E-state index in [9.17, 15) is 9.59 Å². The van der Waals surface area contributed by atoms with E-state index < -0.39 is 12.0 Å². The summed E-state index contributed by atoms with van der Waals surface area (Å²) in [7, 11) is 0. The molecule has 1 aromatic heterocycles. The zero-order chi connectivity index (χ0) is 12.4. The summed E-state index contributed by atoms with van der Waals surface area (Å²) in [6.45, 7) is 0.533. The Morgan fingerprint density at radius 1 is 1.41 bits per heavy atom. The molecular weight excluding hydrogens is 306 g/mol. The molecule has 1 N–H and O–H groups in total. The molecular formula is C11H12BrNO3S. The van der Waals surface area contributed by atoms with Gasteiger partial charge in [-0.3, -0.25) is 4.79 Å². The molecule has 0 radical (unpaired) electrons. The van der Waals surface area contributed by atoms with Crippen molar-refractivity contribution >= 4 is 39.1 Å². The number of carbonyl (C=O) groups excluding carboxylic acids is 1. The summed E-state index contributed by atoms with van der Waals surface area (Å²) in [5, 5.41) is 9.11. The molecule has 2 rings (SSSR count). The van der Waals surface area contributed by atoms with Crippen molar-refractivity contribution in [2.24, 2.45) is 0 Å². The molecule has 1 fully saturated rings. The Balaban J connectivity index is 2.19. The van der Waals surface area contributed by atoms with Crippen molar-refractivity contribution in [2.75, 3.05) is 6.54 Å². The highest BCUT2D eigenvalue weighted by atomic mass is 79.9. The quantitative estimate of drug-likeness (QED) is 0.912.